The molecule has 7 nitrogen and oxygen atoms in total. The van der Waals surface area contributed by atoms with E-state index in [2.05, 4.69) is 10.5 Å². The van der Waals surface area contributed by atoms with E-state index in [-0.39, 0.29) is 17.1 Å². The number of nitro benzene ring substituents is 1. The summed E-state index contributed by atoms with van der Waals surface area (Å²) >= 11 is 0. The van der Waals surface area contributed by atoms with E-state index in [4.69, 9.17) is 4.52 Å². The van der Waals surface area contributed by atoms with Gasteiger partial charge in [-0.2, -0.15) is 0 Å². The highest BCUT2D eigenvalue weighted by molar-refractivity contribution is 6.03. The summed E-state index contributed by atoms with van der Waals surface area (Å²) in [6.45, 7) is 1.71. The number of rotatable bonds is 3. The van der Waals surface area contributed by atoms with Crippen molar-refractivity contribution in [2.45, 2.75) is 6.92 Å². The van der Waals surface area contributed by atoms with E-state index in [1.54, 1.807) is 13.0 Å². The van der Waals surface area contributed by atoms with E-state index in [0.717, 1.165) is 0 Å². The fourth-order valence-electron chi connectivity index (χ4n) is 1.37. The maximum absolute atomic E-state index is 11.8. The molecule has 1 amide bonds. The van der Waals surface area contributed by atoms with Gasteiger partial charge in [0.15, 0.2) is 0 Å². The van der Waals surface area contributed by atoms with Gasteiger partial charge < -0.3 is 4.52 Å². The number of carbonyl (C=O) groups is 1. The average Bonchev–Trinajstić information content (AvgIpc) is 2.75. The Hall–Kier alpha value is -2.70. The summed E-state index contributed by atoms with van der Waals surface area (Å²) in [5, 5.41) is 16.6. The minimum atomic E-state index is -0.560. The number of hydrogen-bond donors (Lipinski definition) is 1. The molecule has 0 spiro atoms. The van der Waals surface area contributed by atoms with Crippen molar-refractivity contribution in [3.63, 3.8) is 0 Å². The Bertz CT molecular complexity index is 606. The zero-order valence-corrected chi connectivity index (χ0v) is 9.41. The van der Waals surface area contributed by atoms with Crippen LogP contribution >= 0.6 is 0 Å². The number of amides is 1. The van der Waals surface area contributed by atoms with E-state index in [0.29, 0.717) is 5.69 Å². The molecule has 1 aromatic carbocycles. The monoisotopic (exact) mass is 247 g/mol. The van der Waals surface area contributed by atoms with Gasteiger partial charge in [0.2, 0.25) is 5.88 Å². The number of aromatic nitrogens is 1. The quantitative estimate of drug-likeness (QED) is 0.661. The van der Waals surface area contributed by atoms with Gasteiger partial charge in [-0.1, -0.05) is 11.2 Å². The largest absolute Gasteiger partial charge is 0.338 e. The molecule has 92 valence electrons. The van der Waals surface area contributed by atoms with Gasteiger partial charge in [-0.05, 0) is 13.0 Å². The van der Waals surface area contributed by atoms with Crippen LogP contribution in [0.2, 0.25) is 0 Å². The van der Waals surface area contributed by atoms with Gasteiger partial charge in [0.1, 0.15) is 0 Å². The highest BCUT2D eigenvalue weighted by Gasteiger charge is 2.13. The van der Waals surface area contributed by atoms with Gasteiger partial charge in [-0.3, -0.25) is 20.2 Å². The van der Waals surface area contributed by atoms with E-state index < -0.39 is 10.8 Å². The first-order chi connectivity index (χ1) is 8.56. The minimum Gasteiger partial charge on any atom is -0.338 e. The lowest BCUT2D eigenvalue weighted by Crippen LogP contribution is -2.11. The van der Waals surface area contributed by atoms with Crippen LogP contribution in [0.1, 0.15) is 16.1 Å². The summed E-state index contributed by atoms with van der Waals surface area (Å²) in [6.07, 6.45) is 0. The van der Waals surface area contributed by atoms with Crippen LogP contribution in [-0.2, 0) is 0 Å². The second kappa shape index (κ2) is 4.66. The molecule has 0 radical (unpaired) electrons. The number of aryl methyl sites for hydroxylation is 1. The smallest absolute Gasteiger partial charge is 0.270 e. The van der Waals surface area contributed by atoms with Crippen LogP contribution in [0.3, 0.4) is 0 Å². The first-order valence-corrected chi connectivity index (χ1v) is 5.05. The van der Waals surface area contributed by atoms with Crippen LogP contribution in [0.15, 0.2) is 34.9 Å². The van der Waals surface area contributed by atoms with E-state index in [9.17, 15) is 14.9 Å². The molecular formula is C11H9N3O4. The predicted molar refractivity (Wildman–Crippen MR) is 62.3 cm³/mol. The Balaban J connectivity index is 2.18. The topological polar surface area (TPSA) is 98.3 Å². The summed E-state index contributed by atoms with van der Waals surface area (Å²) in [6, 6.07) is 6.98. The highest BCUT2D eigenvalue weighted by atomic mass is 16.6. The number of non-ortho nitro benzene ring substituents is 1. The van der Waals surface area contributed by atoms with Crippen molar-refractivity contribution < 1.29 is 14.2 Å². The lowest BCUT2D eigenvalue weighted by molar-refractivity contribution is -0.384. The maximum atomic E-state index is 11.8. The Labute approximate surface area is 102 Å². The van der Waals surface area contributed by atoms with Crippen molar-refractivity contribution in [1.29, 1.82) is 0 Å². The lowest BCUT2D eigenvalue weighted by atomic mass is 10.2. The van der Waals surface area contributed by atoms with E-state index >= 15 is 0 Å². The number of nitro groups is 1. The molecule has 1 aromatic heterocycles. The molecule has 0 saturated heterocycles. The molecule has 18 heavy (non-hydrogen) atoms. The third-order valence-corrected chi connectivity index (χ3v) is 2.18. The molecule has 2 rings (SSSR count). The van der Waals surface area contributed by atoms with E-state index in [1.165, 1.54) is 24.3 Å². The van der Waals surface area contributed by atoms with E-state index in [1.807, 2.05) is 0 Å². The molecule has 0 fully saturated rings. The van der Waals surface area contributed by atoms with Crippen molar-refractivity contribution in [3.05, 3.63) is 51.7 Å². The van der Waals surface area contributed by atoms with Gasteiger partial charge in [-0.25, -0.2) is 0 Å². The number of benzene rings is 1. The second-order valence-corrected chi connectivity index (χ2v) is 3.59. The summed E-state index contributed by atoms with van der Waals surface area (Å²) < 4.78 is 4.82. The van der Waals surface area contributed by atoms with Crippen molar-refractivity contribution in [2.24, 2.45) is 0 Å². The molecule has 1 N–H and O–H groups in total. The molecule has 1 heterocycles. The van der Waals surface area contributed by atoms with Crippen LogP contribution in [0.5, 0.6) is 0 Å². The second-order valence-electron chi connectivity index (χ2n) is 3.59. The Morgan fingerprint density at radius 1 is 1.44 bits per heavy atom. The first kappa shape index (κ1) is 11.8. The molecule has 7 heteroatoms. The fraction of sp³-hybridized carbons (Fsp3) is 0.0909. The molecule has 0 atom stereocenters. The normalized spacial score (nSPS) is 10.1. The summed E-state index contributed by atoms with van der Waals surface area (Å²) in [5.74, 6) is -0.293. The van der Waals surface area contributed by atoms with Crippen LogP contribution in [-0.4, -0.2) is 16.0 Å². The summed E-state index contributed by atoms with van der Waals surface area (Å²) in [5.41, 5.74) is 0.666. The van der Waals surface area contributed by atoms with Crippen LogP contribution < -0.4 is 5.32 Å². The minimum absolute atomic E-state index is 0.142. The van der Waals surface area contributed by atoms with Crippen LogP contribution in [0.4, 0.5) is 11.6 Å². The van der Waals surface area contributed by atoms with Gasteiger partial charge in [0.05, 0.1) is 10.6 Å². The third-order valence-electron chi connectivity index (χ3n) is 2.18. The third kappa shape index (κ3) is 2.51. The Morgan fingerprint density at radius 3 is 2.83 bits per heavy atom. The van der Waals surface area contributed by atoms with Gasteiger partial charge in [-0.15, -0.1) is 0 Å². The van der Waals surface area contributed by atoms with Crippen LogP contribution in [0, 0.1) is 17.0 Å². The highest BCUT2D eigenvalue weighted by Crippen LogP contribution is 2.15. The van der Waals surface area contributed by atoms with Gasteiger partial charge in [0.25, 0.3) is 11.6 Å². The number of nitrogens with one attached hydrogen (secondary N) is 1. The number of carbonyl (C=O) groups excluding carboxylic acids is 1. The lowest BCUT2D eigenvalue weighted by Gasteiger charge is -2.00. The SMILES string of the molecule is Cc1cc(NC(=O)c2cccc([N+](=O)[O-])c2)on1. The Morgan fingerprint density at radius 2 is 2.22 bits per heavy atom. The number of nitrogens with zero attached hydrogens (tertiary/aromatic N) is 2. The van der Waals surface area contributed by atoms with Crippen molar-refractivity contribution in [3.8, 4) is 0 Å². The molecule has 0 bridgehead atoms. The van der Waals surface area contributed by atoms with Gasteiger partial charge in [0, 0.05) is 23.8 Å². The van der Waals surface area contributed by atoms with Gasteiger partial charge >= 0.3 is 0 Å². The average molecular weight is 247 g/mol. The first-order valence-electron chi connectivity index (χ1n) is 5.05. The fourth-order valence-corrected chi connectivity index (χ4v) is 1.37. The molecule has 2 aromatic rings. The Kier molecular flexibility index (Phi) is 3.05. The number of anilines is 1. The molecule has 0 aliphatic rings. The molecule has 0 saturated carbocycles. The predicted octanol–water partition coefficient (Wildman–Crippen LogP) is 2.14. The summed E-state index contributed by atoms with van der Waals surface area (Å²) in [7, 11) is 0. The maximum Gasteiger partial charge on any atom is 0.270 e. The van der Waals surface area contributed by atoms with Crippen molar-refractivity contribution in [2.75, 3.05) is 5.32 Å². The zero-order valence-electron chi connectivity index (χ0n) is 9.41. The molecule has 0 aliphatic heterocycles. The van der Waals surface area contributed by atoms with Crippen molar-refractivity contribution >= 4 is 17.5 Å². The standard InChI is InChI=1S/C11H9N3O4/c1-7-5-10(18-13-7)12-11(15)8-3-2-4-9(6-8)14(16)17/h2-6H,1H3,(H,12,15). The van der Waals surface area contributed by atoms with Crippen LogP contribution in [0.25, 0.3) is 0 Å². The zero-order chi connectivity index (χ0) is 13.1. The number of hydrogen-bond acceptors (Lipinski definition) is 5. The molecular weight excluding hydrogens is 238 g/mol. The summed E-state index contributed by atoms with van der Waals surface area (Å²) in [4.78, 5) is 21.8. The molecule has 0 aliphatic carbocycles. The van der Waals surface area contributed by atoms with Crippen molar-refractivity contribution in [1.82, 2.24) is 5.16 Å². The molecule has 0 unspecified atom stereocenters.